The Labute approximate surface area is 131 Å². The Balaban J connectivity index is 1.64. The van der Waals surface area contributed by atoms with E-state index in [1.165, 1.54) is 0 Å². The van der Waals surface area contributed by atoms with E-state index in [2.05, 4.69) is 0 Å². The zero-order chi connectivity index (χ0) is 15.2. The van der Waals surface area contributed by atoms with E-state index in [9.17, 15) is 5.11 Å². The topological polar surface area (TPSA) is 38.7 Å². The van der Waals surface area contributed by atoms with Crippen LogP contribution >= 0.6 is 0 Å². The Morgan fingerprint density at radius 2 is 1.77 bits per heavy atom. The van der Waals surface area contributed by atoms with Gasteiger partial charge in [0.15, 0.2) is 0 Å². The minimum atomic E-state index is 0.133. The number of para-hydroxylation sites is 1. The van der Waals surface area contributed by atoms with Crippen LogP contribution < -0.4 is 4.74 Å². The van der Waals surface area contributed by atoms with E-state index in [0.717, 1.165) is 42.9 Å². The highest BCUT2D eigenvalue weighted by molar-refractivity contribution is 5.34. The molecule has 2 unspecified atom stereocenters. The third-order valence-corrected chi connectivity index (χ3v) is 4.12. The number of aliphatic hydroxyl groups is 1. The summed E-state index contributed by atoms with van der Waals surface area (Å²) >= 11 is 0. The Kier molecular flexibility index (Phi) is 5.09. The molecule has 1 saturated heterocycles. The van der Waals surface area contributed by atoms with Crippen LogP contribution in [0, 0.1) is 0 Å². The van der Waals surface area contributed by atoms with Gasteiger partial charge in [-0.3, -0.25) is 0 Å². The van der Waals surface area contributed by atoms with Crippen LogP contribution in [0.2, 0.25) is 0 Å². The maximum atomic E-state index is 9.66. The summed E-state index contributed by atoms with van der Waals surface area (Å²) in [6.07, 6.45) is 3.41. The Hall–Kier alpha value is -1.84. The number of benzene rings is 2. The van der Waals surface area contributed by atoms with Crippen LogP contribution in [0.25, 0.3) is 0 Å². The van der Waals surface area contributed by atoms with E-state index in [0.29, 0.717) is 0 Å². The van der Waals surface area contributed by atoms with Crippen molar-refractivity contribution in [1.82, 2.24) is 0 Å². The van der Waals surface area contributed by atoms with E-state index >= 15 is 0 Å². The van der Waals surface area contributed by atoms with E-state index in [1.807, 2.05) is 54.6 Å². The molecule has 2 aromatic rings. The van der Waals surface area contributed by atoms with Gasteiger partial charge in [-0.2, -0.15) is 0 Å². The fraction of sp³-hybridized carbons (Fsp3) is 0.368. The number of hydrogen-bond acceptors (Lipinski definition) is 3. The molecule has 1 aliphatic rings. The van der Waals surface area contributed by atoms with Gasteiger partial charge in [-0.1, -0.05) is 30.3 Å². The second-order valence-corrected chi connectivity index (χ2v) is 5.73. The molecular formula is C19H22O3. The number of aliphatic hydroxyl groups excluding tert-OH is 1. The first kappa shape index (κ1) is 15.1. The van der Waals surface area contributed by atoms with E-state index in [1.54, 1.807) is 0 Å². The van der Waals surface area contributed by atoms with Gasteiger partial charge in [0, 0.05) is 12.5 Å². The van der Waals surface area contributed by atoms with Gasteiger partial charge < -0.3 is 14.6 Å². The van der Waals surface area contributed by atoms with E-state index in [4.69, 9.17) is 9.47 Å². The SMILES string of the molecule is OCC(CC1CCCO1)c1ccc(Oc2ccccc2)cc1. The molecule has 1 aliphatic heterocycles. The fourth-order valence-corrected chi connectivity index (χ4v) is 2.90. The van der Waals surface area contributed by atoms with Gasteiger partial charge in [0.05, 0.1) is 12.7 Å². The van der Waals surface area contributed by atoms with Crippen LogP contribution in [0.4, 0.5) is 0 Å². The van der Waals surface area contributed by atoms with Crippen molar-refractivity contribution in [3.8, 4) is 11.5 Å². The molecule has 2 aromatic carbocycles. The average molecular weight is 298 g/mol. The quantitative estimate of drug-likeness (QED) is 0.871. The molecule has 3 rings (SSSR count). The number of rotatable bonds is 6. The summed E-state index contributed by atoms with van der Waals surface area (Å²) in [5, 5.41) is 9.66. The number of hydrogen-bond donors (Lipinski definition) is 1. The van der Waals surface area contributed by atoms with Crippen LogP contribution in [0.15, 0.2) is 54.6 Å². The highest BCUT2D eigenvalue weighted by Gasteiger charge is 2.21. The first-order chi connectivity index (χ1) is 10.8. The van der Waals surface area contributed by atoms with Crippen LogP contribution in [-0.4, -0.2) is 24.4 Å². The molecule has 0 amide bonds. The van der Waals surface area contributed by atoms with Gasteiger partial charge in [-0.25, -0.2) is 0 Å². The van der Waals surface area contributed by atoms with Crippen molar-refractivity contribution in [3.63, 3.8) is 0 Å². The van der Waals surface area contributed by atoms with Crippen LogP contribution in [0.5, 0.6) is 11.5 Å². The summed E-state index contributed by atoms with van der Waals surface area (Å²) in [6, 6.07) is 17.7. The lowest BCUT2D eigenvalue weighted by Crippen LogP contribution is -2.14. The lowest BCUT2D eigenvalue weighted by Gasteiger charge is -2.19. The van der Waals surface area contributed by atoms with Crippen LogP contribution in [0.3, 0.4) is 0 Å². The predicted octanol–water partition coefficient (Wildman–Crippen LogP) is 4.12. The summed E-state index contributed by atoms with van der Waals surface area (Å²) < 4.78 is 11.5. The van der Waals surface area contributed by atoms with E-state index < -0.39 is 0 Å². The zero-order valence-electron chi connectivity index (χ0n) is 12.7. The smallest absolute Gasteiger partial charge is 0.127 e. The molecule has 1 N–H and O–H groups in total. The monoisotopic (exact) mass is 298 g/mol. The molecule has 2 atom stereocenters. The van der Waals surface area contributed by atoms with Crippen LogP contribution in [0.1, 0.15) is 30.7 Å². The molecule has 116 valence electrons. The highest BCUT2D eigenvalue weighted by atomic mass is 16.5. The minimum Gasteiger partial charge on any atom is -0.457 e. The average Bonchev–Trinajstić information content (AvgIpc) is 3.08. The summed E-state index contributed by atoms with van der Waals surface area (Å²) in [5.41, 5.74) is 1.14. The van der Waals surface area contributed by atoms with Crippen LogP contribution in [-0.2, 0) is 4.74 Å². The van der Waals surface area contributed by atoms with Gasteiger partial charge in [0.1, 0.15) is 11.5 Å². The Bertz CT molecular complexity index is 559. The van der Waals surface area contributed by atoms with Gasteiger partial charge in [0.25, 0.3) is 0 Å². The van der Waals surface area contributed by atoms with Gasteiger partial charge >= 0.3 is 0 Å². The molecule has 1 heterocycles. The van der Waals surface area contributed by atoms with Gasteiger partial charge in [-0.15, -0.1) is 0 Å². The molecule has 3 nitrogen and oxygen atoms in total. The standard InChI is InChI=1S/C19H22O3/c20-14-16(13-19-7-4-12-21-19)15-8-10-18(11-9-15)22-17-5-2-1-3-6-17/h1-3,5-6,8-11,16,19-20H,4,7,12-14H2. The molecule has 0 bridgehead atoms. The summed E-state index contributed by atoms with van der Waals surface area (Å²) in [4.78, 5) is 0. The molecule has 22 heavy (non-hydrogen) atoms. The maximum Gasteiger partial charge on any atom is 0.127 e. The molecule has 3 heteroatoms. The number of ether oxygens (including phenoxy) is 2. The first-order valence-electron chi connectivity index (χ1n) is 7.90. The fourth-order valence-electron chi connectivity index (χ4n) is 2.90. The van der Waals surface area contributed by atoms with Crippen molar-refractivity contribution in [1.29, 1.82) is 0 Å². The normalized spacial score (nSPS) is 19.0. The largest absolute Gasteiger partial charge is 0.457 e. The van der Waals surface area contributed by atoms with Crippen molar-refractivity contribution < 1.29 is 14.6 Å². The third kappa shape index (κ3) is 3.87. The van der Waals surface area contributed by atoms with Crippen molar-refractivity contribution in [2.45, 2.75) is 31.3 Å². The molecule has 0 spiro atoms. The molecule has 0 aliphatic carbocycles. The predicted molar refractivity (Wildman–Crippen MR) is 86.4 cm³/mol. The van der Waals surface area contributed by atoms with E-state index in [-0.39, 0.29) is 18.6 Å². The summed E-state index contributed by atoms with van der Waals surface area (Å²) in [6.45, 7) is 1.01. The second-order valence-electron chi connectivity index (χ2n) is 5.73. The van der Waals surface area contributed by atoms with Crippen molar-refractivity contribution in [2.24, 2.45) is 0 Å². The summed E-state index contributed by atoms with van der Waals surface area (Å²) in [5.74, 6) is 1.77. The molecule has 0 aromatic heterocycles. The first-order valence-corrected chi connectivity index (χ1v) is 7.90. The molecule has 1 fully saturated rings. The molecular weight excluding hydrogens is 276 g/mol. The lowest BCUT2D eigenvalue weighted by molar-refractivity contribution is 0.0898. The van der Waals surface area contributed by atoms with Gasteiger partial charge in [0.2, 0.25) is 0 Å². The van der Waals surface area contributed by atoms with Crippen molar-refractivity contribution in [3.05, 3.63) is 60.2 Å². The zero-order valence-corrected chi connectivity index (χ0v) is 12.7. The minimum absolute atomic E-state index is 0.133. The third-order valence-electron chi connectivity index (χ3n) is 4.12. The van der Waals surface area contributed by atoms with Crippen molar-refractivity contribution >= 4 is 0 Å². The molecule has 0 saturated carbocycles. The van der Waals surface area contributed by atoms with Crippen molar-refractivity contribution in [2.75, 3.05) is 13.2 Å². The maximum absolute atomic E-state index is 9.66. The summed E-state index contributed by atoms with van der Waals surface area (Å²) in [7, 11) is 0. The Morgan fingerprint density at radius 3 is 2.41 bits per heavy atom. The highest BCUT2D eigenvalue weighted by Crippen LogP contribution is 2.29. The lowest BCUT2D eigenvalue weighted by atomic mass is 9.93. The Morgan fingerprint density at radius 1 is 1.05 bits per heavy atom. The van der Waals surface area contributed by atoms with Gasteiger partial charge in [-0.05, 0) is 49.1 Å². The second kappa shape index (κ2) is 7.43. The molecule has 0 radical (unpaired) electrons.